The maximum atomic E-state index is 13.9. The fourth-order valence-corrected chi connectivity index (χ4v) is 4.87. The summed E-state index contributed by atoms with van der Waals surface area (Å²) in [5.74, 6) is 0.415. The van der Waals surface area contributed by atoms with Gasteiger partial charge in [-0.15, -0.1) is 0 Å². The largest absolute Gasteiger partial charge is 0.490 e. The Labute approximate surface area is 220 Å². The molecule has 0 aliphatic carbocycles. The first-order valence-corrected chi connectivity index (χ1v) is 12.8. The molecule has 0 radical (unpaired) electrons. The number of fused-ring (bicyclic) bond motifs is 2. The van der Waals surface area contributed by atoms with Crippen LogP contribution in [-0.2, 0) is 6.54 Å². The lowest BCUT2D eigenvalue weighted by Gasteiger charge is -2.26. The number of amides is 1. The van der Waals surface area contributed by atoms with Crippen molar-refractivity contribution >= 4 is 16.9 Å². The third-order valence-electron chi connectivity index (χ3n) is 6.89. The summed E-state index contributed by atoms with van der Waals surface area (Å²) in [6, 6.07) is 14.4. The van der Waals surface area contributed by atoms with Crippen LogP contribution in [0.3, 0.4) is 0 Å². The molecule has 2 heterocycles. The van der Waals surface area contributed by atoms with Crippen LogP contribution in [0.25, 0.3) is 11.0 Å². The Morgan fingerprint density at radius 2 is 1.66 bits per heavy atom. The molecule has 1 aliphatic rings. The normalized spacial score (nSPS) is 14.7. The van der Waals surface area contributed by atoms with Crippen molar-refractivity contribution in [2.75, 3.05) is 13.2 Å². The highest BCUT2D eigenvalue weighted by molar-refractivity contribution is 5.99. The molecule has 0 saturated carbocycles. The van der Waals surface area contributed by atoms with Crippen molar-refractivity contribution in [1.29, 1.82) is 0 Å². The average molecular weight is 516 g/mol. The highest BCUT2D eigenvalue weighted by atomic mass is 19.1. The molecule has 1 unspecified atom stereocenters. The Kier molecular flexibility index (Phi) is 6.93. The Balaban J connectivity index is 1.70. The van der Waals surface area contributed by atoms with Gasteiger partial charge in [0, 0.05) is 6.54 Å². The van der Waals surface area contributed by atoms with Gasteiger partial charge in [0.05, 0.1) is 30.2 Å². The highest BCUT2D eigenvalue weighted by Crippen LogP contribution is 2.42. The summed E-state index contributed by atoms with van der Waals surface area (Å²) >= 11 is 0. The van der Waals surface area contributed by atoms with E-state index in [1.165, 1.54) is 12.1 Å². The number of hydrogen-bond donors (Lipinski definition) is 0. The zero-order valence-corrected chi connectivity index (χ0v) is 22.0. The first kappa shape index (κ1) is 25.5. The summed E-state index contributed by atoms with van der Waals surface area (Å²) in [4.78, 5) is 29.3. The highest BCUT2D eigenvalue weighted by Gasteiger charge is 2.43. The van der Waals surface area contributed by atoms with E-state index in [0.29, 0.717) is 41.2 Å². The quantitative estimate of drug-likeness (QED) is 0.269. The lowest BCUT2D eigenvalue weighted by Crippen LogP contribution is -2.29. The summed E-state index contributed by atoms with van der Waals surface area (Å²) in [5.41, 5.74) is 3.79. The Morgan fingerprint density at radius 1 is 0.921 bits per heavy atom. The van der Waals surface area contributed by atoms with E-state index in [-0.39, 0.29) is 29.1 Å². The number of ether oxygens (including phenoxy) is 2. The van der Waals surface area contributed by atoms with E-state index in [1.807, 2.05) is 52.0 Å². The van der Waals surface area contributed by atoms with Crippen molar-refractivity contribution in [1.82, 2.24) is 4.90 Å². The van der Waals surface area contributed by atoms with Gasteiger partial charge in [0.15, 0.2) is 16.9 Å². The standard InChI is InChI=1S/C31H30FNO5/c1-5-13-37-24-12-9-21(16-26(24)36-6-2)28-27-29(34)23-14-18(3)19(4)15-25(23)38-30(27)31(35)33(28)17-20-7-10-22(32)11-8-20/h7-12,14-16,28H,5-6,13,17H2,1-4H3. The average Bonchev–Trinajstić information content (AvgIpc) is 3.17. The number of carbonyl (C=O) groups excluding carboxylic acids is 1. The van der Waals surface area contributed by atoms with Crippen molar-refractivity contribution < 1.29 is 23.1 Å². The van der Waals surface area contributed by atoms with Gasteiger partial charge in [0.2, 0.25) is 5.76 Å². The second-order valence-corrected chi connectivity index (χ2v) is 9.56. The van der Waals surface area contributed by atoms with E-state index in [2.05, 4.69) is 0 Å². The van der Waals surface area contributed by atoms with Crippen LogP contribution in [0.4, 0.5) is 4.39 Å². The second-order valence-electron chi connectivity index (χ2n) is 9.56. The molecule has 1 atom stereocenters. The van der Waals surface area contributed by atoms with Gasteiger partial charge in [-0.05, 0) is 85.8 Å². The predicted octanol–water partition coefficient (Wildman–Crippen LogP) is 6.48. The zero-order valence-electron chi connectivity index (χ0n) is 22.0. The van der Waals surface area contributed by atoms with Crippen molar-refractivity contribution in [2.45, 2.75) is 46.7 Å². The van der Waals surface area contributed by atoms with Crippen molar-refractivity contribution in [2.24, 2.45) is 0 Å². The first-order chi connectivity index (χ1) is 18.3. The molecule has 0 fully saturated rings. The van der Waals surface area contributed by atoms with Crippen LogP contribution in [0.1, 0.15) is 64.7 Å². The SMILES string of the molecule is CCCOc1ccc(C2c3c(oc4cc(C)c(C)cc4c3=O)C(=O)N2Cc2ccc(F)cc2)cc1OCC. The van der Waals surface area contributed by atoms with E-state index in [4.69, 9.17) is 13.9 Å². The van der Waals surface area contributed by atoms with Crippen LogP contribution in [0.5, 0.6) is 11.5 Å². The number of hydrogen-bond acceptors (Lipinski definition) is 5. The van der Waals surface area contributed by atoms with Crippen LogP contribution < -0.4 is 14.9 Å². The number of rotatable bonds is 8. The summed E-state index contributed by atoms with van der Waals surface area (Å²) in [7, 11) is 0. The maximum Gasteiger partial charge on any atom is 0.291 e. The minimum atomic E-state index is -0.718. The molecular formula is C31H30FNO5. The van der Waals surface area contributed by atoms with Gasteiger partial charge in [-0.25, -0.2) is 4.39 Å². The van der Waals surface area contributed by atoms with Crippen LogP contribution >= 0.6 is 0 Å². The van der Waals surface area contributed by atoms with Crippen molar-refractivity contribution in [3.05, 3.63) is 104 Å². The molecule has 4 aromatic rings. The summed E-state index contributed by atoms with van der Waals surface area (Å²) in [5, 5.41) is 0.432. The molecule has 6 nitrogen and oxygen atoms in total. The van der Waals surface area contributed by atoms with E-state index < -0.39 is 11.9 Å². The predicted molar refractivity (Wildman–Crippen MR) is 143 cm³/mol. The third-order valence-corrected chi connectivity index (χ3v) is 6.89. The van der Waals surface area contributed by atoms with Gasteiger partial charge < -0.3 is 18.8 Å². The van der Waals surface area contributed by atoms with Gasteiger partial charge >= 0.3 is 0 Å². The van der Waals surface area contributed by atoms with Gasteiger partial charge in [-0.1, -0.05) is 25.1 Å². The molecule has 3 aromatic carbocycles. The molecule has 1 aromatic heterocycles. The lowest BCUT2D eigenvalue weighted by molar-refractivity contribution is 0.0714. The molecule has 0 bridgehead atoms. The van der Waals surface area contributed by atoms with Crippen LogP contribution in [0, 0.1) is 19.7 Å². The smallest absolute Gasteiger partial charge is 0.291 e. The van der Waals surface area contributed by atoms with E-state index in [9.17, 15) is 14.0 Å². The Morgan fingerprint density at radius 3 is 2.37 bits per heavy atom. The summed E-state index contributed by atoms with van der Waals surface area (Å²) in [6.45, 7) is 8.91. The van der Waals surface area contributed by atoms with Crippen molar-refractivity contribution in [3.63, 3.8) is 0 Å². The molecule has 38 heavy (non-hydrogen) atoms. The molecule has 5 rings (SSSR count). The van der Waals surface area contributed by atoms with E-state index >= 15 is 0 Å². The fourth-order valence-electron chi connectivity index (χ4n) is 4.87. The molecule has 0 saturated heterocycles. The second kappa shape index (κ2) is 10.3. The minimum absolute atomic E-state index is 0.0298. The molecular weight excluding hydrogens is 485 g/mol. The number of aryl methyl sites for hydroxylation is 2. The van der Waals surface area contributed by atoms with Crippen LogP contribution in [0.2, 0.25) is 0 Å². The molecule has 1 amide bonds. The van der Waals surface area contributed by atoms with Gasteiger partial charge in [-0.2, -0.15) is 0 Å². The molecule has 196 valence electrons. The van der Waals surface area contributed by atoms with Gasteiger partial charge in [-0.3, -0.25) is 9.59 Å². The van der Waals surface area contributed by atoms with Gasteiger partial charge in [0.1, 0.15) is 11.4 Å². The molecule has 0 spiro atoms. The molecule has 1 aliphatic heterocycles. The van der Waals surface area contributed by atoms with Crippen molar-refractivity contribution in [3.8, 4) is 11.5 Å². The number of carbonyl (C=O) groups is 1. The number of benzene rings is 3. The summed E-state index contributed by atoms with van der Waals surface area (Å²) < 4.78 is 31.5. The van der Waals surface area contributed by atoms with E-state index in [0.717, 1.165) is 23.1 Å². The zero-order chi connectivity index (χ0) is 27.0. The monoisotopic (exact) mass is 515 g/mol. The first-order valence-electron chi connectivity index (χ1n) is 12.8. The van der Waals surface area contributed by atoms with Crippen LogP contribution in [-0.4, -0.2) is 24.0 Å². The lowest BCUT2D eigenvalue weighted by atomic mass is 9.97. The topological polar surface area (TPSA) is 69.0 Å². The number of nitrogens with zero attached hydrogens (tertiary/aromatic N) is 1. The molecule has 0 N–H and O–H groups in total. The van der Waals surface area contributed by atoms with Gasteiger partial charge in [0.25, 0.3) is 5.91 Å². The fraction of sp³-hybridized carbons (Fsp3) is 0.290. The Bertz CT molecular complexity index is 1570. The Hall–Kier alpha value is -4.13. The van der Waals surface area contributed by atoms with Crippen LogP contribution in [0.15, 0.2) is 63.8 Å². The number of halogens is 1. The minimum Gasteiger partial charge on any atom is -0.490 e. The third kappa shape index (κ3) is 4.53. The van der Waals surface area contributed by atoms with E-state index in [1.54, 1.807) is 23.1 Å². The summed E-state index contributed by atoms with van der Waals surface area (Å²) in [6.07, 6.45) is 0.844. The molecule has 7 heteroatoms. The maximum absolute atomic E-state index is 13.9.